The molecule has 1 aromatic heterocycles. The normalized spacial score (nSPS) is 20.9. The molecular formula is C11H14FN3O. The van der Waals surface area contributed by atoms with Gasteiger partial charge in [0.1, 0.15) is 11.5 Å². The van der Waals surface area contributed by atoms with Gasteiger partial charge >= 0.3 is 0 Å². The molecule has 5 heteroatoms. The number of hydrogen-bond acceptors (Lipinski definition) is 3. The summed E-state index contributed by atoms with van der Waals surface area (Å²) in [6.07, 6.45) is 1.07. The van der Waals surface area contributed by atoms with Gasteiger partial charge in [0.15, 0.2) is 0 Å². The van der Waals surface area contributed by atoms with E-state index in [9.17, 15) is 9.18 Å². The maximum atomic E-state index is 12.7. The summed E-state index contributed by atoms with van der Waals surface area (Å²) in [6, 6.07) is 2.97. The van der Waals surface area contributed by atoms with Crippen molar-refractivity contribution < 1.29 is 9.18 Å². The molecule has 4 nitrogen and oxygen atoms in total. The van der Waals surface area contributed by atoms with Crippen LogP contribution in [0.4, 0.5) is 4.39 Å². The molecule has 1 fully saturated rings. The molecule has 0 aliphatic carbocycles. The number of pyridine rings is 1. The van der Waals surface area contributed by atoms with E-state index < -0.39 is 5.82 Å². The standard InChI is InChI=1S/C11H14FN3O/c1-8-7-15(5-4-13-8)11(16)10-3-2-9(12)6-14-10/h2-3,6,8,13H,4-5,7H2,1H3/t8-/m1/s1. The minimum Gasteiger partial charge on any atom is -0.334 e. The molecule has 2 rings (SSSR count). The van der Waals surface area contributed by atoms with Crippen LogP contribution in [-0.2, 0) is 0 Å². The average molecular weight is 223 g/mol. The molecule has 1 aliphatic rings. The summed E-state index contributed by atoms with van der Waals surface area (Å²) in [5.41, 5.74) is 0.301. The van der Waals surface area contributed by atoms with Crippen molar-refractivity contribution in [1.29, 1.82) is 0 Å². The summed E-state index contributed by atoms with van der Waals surface area (Å²) in [7, 11) is 0. The van der Waals surface area contributed by atoms with Crippen molar-refractivity contribution >= 4 is 5.91 Å². The molecule has 2 heterocycles. The van der Waals surface area contributed by atoms with E-state index in [-0.39, 0.29) is 11.9 Å². The zero-order chi connectivity index (χ0) is 11.5. The number of hydrogen-bond donors (Lipinski definition) is 1. The minimum absolute atomic E-state index is 0.131. The van der Waals surface area contributed by atoms with E-state index in [1.54, 1.807) is 4.90 Å². The van der Waals surface area contributed by atoms with E-state index in [4.69, 9.17) is 0 Å². The Balaban J connectivity index is 2.09. The molecular weight excluding hydrogens is 209 g/mol. The van der Waals surface area contributed by atoms with Gasteiger partial charge < -0.3 is 10.2 Å². The first-order valence-electron chi connectivity index (χ1n) is 5.31. The van der Waals surface area contributed by atoms with Crippen molar-refractivity contribution in [3.8, 4) is 0 Å². The van der Waals surface area contributed by atoms with Crippen molar-refractivity contribution in [3.63, 3.8) is 0 Å². The van der Waals surface area contributed by atoms with Gasteiger partial charge in [0.25, 0.3) is 5.91 Å². The first-order valence-corrected chi connectivity index (χ1v) is 5.31. The van der Waals surface area contributed by atoms with Crippen molar-refractivity contribution in [2.45, 2.75) is 13.0 Å². The Labute approximate surface area is 93.5 Å². The second kappa shape index (κ2) is 4.57. The molecule has 1 N–H and O–H groups in total. The number of rotatable bonds is 1. The van der Waals surface area contributed by atoms with Gasteiger partial charge in [0.05, 0.1) is 6.20 Å². The summed E-state index contributed by atoms with van der Waals surface area (Å²) >= 11 is 0. The largest absolute Gasteiger partial charge is 0.334 e. The number of amides is 1. The highest BCUT2D eigenvalue weighted by atomic mass is 19.1. The Hall–Kier alpha value is -1.49. The molecule has 16 heavy (non-hydrogen) atoms. The van der Waals surface area contributed by atoms with Gasteiger partial charge in [-0.15, -0.1) is 0 Å². The molecule has 0 aromatic carbocycles. The Morgan fingerprint density at radius 3 is 3.06 bits per heavy atom. The number of nitrogens with zero attached hydrogens (tertiary/aromatic N) is 2. The summed E-state index contributed by atoms with van der Waals surface area (Å²) in [6.45, 7) is 4.14. The zero-order valence-electron chi connectivity index (χ0n) is 9.11. The molecule has 1 amide bonds. The van der Waals surface area contributed by atoms with E-state index in [0.717, 1.165) is 12.7 Å². The van der Waals surface area contributed by atoms with Crippen LogP contribution in [0.3, 0.4) is 0 Å². The Kier molecular flexibility index (Phi) is 3.14. The monoisotopic (exact) mass is 223 g/mol. The Morgan fingerprint density at radius 1 is 1.62 bits per heavy atom. The molecule has 1 aliphatic heterocycles. The summed E-state index contributed by atoms with van der Waals surface area (Å²) in [5.74, 6) is -0.557. The lowest BCUT2D eigenvalue weighted by molar-refractivity contribution is 0.0703. The molecule has 0 spiro atoms. The van der Waals surface area contributed by atoms with Crippen molar-refractivity contribution in [3.05, 3.63) is 29.8 Å². The molecule has 1 saturated heterocycles. The van der Waals surface area contributed by atoms with Crippen LogP contribution in [0.15, 0.2) is 18.3 Å². The highest BCUT2D eigenvalue weighted by molar-refractivity contribution is 5.92. The van der Waals surface area contributed by atoms with E-state index in [1.807, 2.05) is 6.92 Å². The SMILES string of the molecule is C[C@@H]1CN(C(=O)c2ccc(F)cn2)CCN1. The average Bonchev–Trinajstić information content (AvgIpc) is 2.29. The molecule has 86 valence electrons. The first-order chi connectivity index (χ1) is 7.66. The zero-order valence-corrected chi connectivity index (χ0v) is 9.11. The maximum absolute atomic E-state index is 12.7. The number of aromatic nitrogens is 1. The van der Waals surface area contributed by atoms with Crippen LogP contribution in [0.5, 0.6) is 0 Å². The lowest BCUT2D eigenvalue weighted by atomic mass is 10.2. The van der Waals surface area contributed by atoms with Crippen LogP contribution in [0.25, 0.3) is 0 Å². The molecule has 0 bridgehead atoms. The molecule has 1 aromatic rings. The van der Waals surface area contributed by atoms with Gasteiger partial charge in [-0.2, -0.15) is 0 Å². The minimum atomic E-state index is -0.426. The van der Waals surface area contributed by atoms with Gasteiger partial charge in [-0.1, -0.05) is 0 Å². The quantitative estimate of drug-likeness (QED) is 0.760. The van der Waals surface area contributed by atoms with Crippen LogP contribution in [0.1, 0.15) is 17.4 Å². The number of carbonyl (C=O) groups is 1. The van der Waals surface area contributed by atoms with Crippen molar-refractivity contribution in [1.82, 2.24) is 15.2 Å². The smallest absolute Gasteiger partial charge is 0.272 e. The van der Waals surface area contributed by atoms with Gasteiger partial charge in [-0.3, -0.25) is 4.79 Å². The predicted molar refractivity (Wildman–Crippen MR) is 57.6 cm³/mol. The van der Waals surface area contributed by atoms with Crippen LogP contribution >= 0.6 is 0 Å². The lowest BCUT2D eigenvalue weighted by Crippen LogP contribution is -2.51. The van der Waals surface area contributed by atoms with Crippen LogP contribution in [0, 0.1) is 5.82 Å². The Bertz CT molecular complexity index is 379. The van der Waals surface area contributed by atoms with E-state index in [0.29, 0.717) is 18.8 Å². The predicted octanol–water partition coefficient (Wildman–Crippen LogP) is 0.655. The second-order valence-electron chi connectivity index (χ2n) is 3.97. The molecule has 0 unspecified atom stereocenters. The van der Waals surface area contributed by atoms with Gasteiger partial charge in [-0.25, -0.2) is 9.37 Å². The third-order valence-corrected chi connectivity index (χ3v) is 2.60. The molecule has 0 saturated carbocycles. The van der Waals surface area contributed by atoms with Gasteiger partial charge in [0, 0.05) is 25.7 Å². The number of nitrogens with one attached hydrogen (secondary N) is 1. The van der Waals surface area contributed by atoms with E-state index in [2.05, 4.69) is 10.3 Å². The third-order valence-electron chi connectivity index (χ3n) is 2.60. The summed E-state index contributed by atoms with van der Waals surface area (Å²) in [5, 5.41) is 3.25. The lowest BCUT2D eigenvalue weighted by Gasteiger charge is -2.31. The first kappa shape index (κ1) is 11.0. The third kappa shape index (κ3) is 2.36. The van der Waals surface area contributed by atoms with Crippen LogP contribution < -0.4 is 5.32 Å². The van der Waals surface area contributed by atoms with E-state index in [1.165, 1.54) is 12.1 Å². The number of piperazine rings is 1. The van der Waals surface area contributed by atoms with Gasteiger partial charge in [-0.05, 0) is 19.1 Å². The summed E-state index contributed by atoms with van der Waals surface area (Å²) < 4.78 is 12.7. The second-order valence-corrected chi connectivity index (χ2v) is 3.97. The fourth-order valence-corrected chi connectivity index (χ4v) is 1.78. The van der Waals surface area contributed by atoms with Crippen LogP contribution in [0.2, 0.25) is 0 Å². The van der Waals surface area contributed by atoms with Crippen molar-refractivity contribution in [2.75, 3.05) is 19.6 Å². The highest BCUT2D eigenvalue weighted by Crippen LogP contribution is 2.06. The molecule has 0 radical (unpaired) electrons. The highest BCUT2D eigenvalue weighted by Gasteiger charge is 2.22. The molecule has 1 atom stereocenters. The topological polar surface area (TPSA) is 45.2 Å². The van der Waals surface area contributed by atoms with Gasteiger partial charge in [0.2, 0.25) is 0 Å². The maximum Gasteiger partial charge on any atom is 0.272 e. The van der Waals surface area contributed by atoms with Crippen LogP contribution in [-0.4, -0.2) is 41.5 Å². The fourth-order valence-electron chi connectivity index (χ4n) is 1.78. The number of halogens is 1. The van der Waals surface area contributed by atoms with Crippen molar-refractivity contribution in [2.24, 2.45) is 0 Å². The van der Waals surface area contributed by atoms with E-state index >= 15 is 0 Å². The fraction of sp³-hybridized carbons (Fsp3) is 0.455. The number of carbonyl (C=O) groups excluding carboxylic acids is 1. The summed E-state index contributed by atoms with van der Waals surface area (Å²) in [4.78, 5) is 17.5. The Morgan fingerprint density at radius 2 is 2.44 bits per heavy atom.